The van der Waals surface area contributed by atoms with Gasteiger partial charge in [-0.25, -0.2) is 0 Å². The molecule has 4 rings (SSSR count). The number of hydrogen-bond acceptors (Lipinski definition) is 3. The molecule has 3 aromatic rings. The zero-order valence-electron chi connectivity index (χ0n) is 12.3. The molecule has 0 unspecified atom stereocenters. The molecule has 5 heteroatoms. The largest absolute Gasteiger partial charge is 0.493 e. The molecule has 1 aliphatic carbocycles. The van der Waals surface area contributed by atoms with E-state index in [1.807, 2.05) is 54.6 Å². The van der Waals surface area contributed by atoms with Crippen LogP contribution in [0, 0.1) is 5.92 Å². The number of aromatic nitrogens is 1. The zero-order valence-corrected chi connectivity index (χ0v) is 12.3. The van der Waals surface area contributed by atoms with Gasteiger partial charge in [-0.05, 0) is 24.0 Å². The first kappa shape index (κ1) is 13.7. The van der Waals surface area contributed by atoms with Crippen molar-refractivity contribution in [3.05, 3.63) is 60.2 Å². The molecule has 5 nitrogen and oxygen atoms in total. The summed E-state index contributed by atoms with van der Waals surface area (Å²) >= 11 is 0. The minimum atomic E-state index is -0.233. The van der Waals surface area contributed by atoms with Gasteiger partial charge in [0.1, 0.15) is 0 Å². The number of aromatic amines is 1. The van der Waals surface area contributed by atoms with Gasteiger partial charge in [0, 0.05) is 11.3 Å². The number of amides is 1. The van der Waals surface area contributed by atoms with E-state index in [9.17, 15) is 9.90 Å². The Hall–Kier alpha value is -2.95. The maximum atomic E-state index is 12.2. The molecule has 2 aromatic carbocycles. The standard InChI is InChI=1S/C18H15N3O2/c22-17(14-10-13(14)11-6-2-1-3-7-11)21-20-16-12-8-4-5-9-15(12)19-18(16)23/h1-9,13-14,19,23H,10H2/t13-,14-/m1/s1. The molecule has 0 aliphatic heterocycles. The van der Waals surface area contributed by atoms with Crippen molar-refractivity contribution in [2.45, 2.75) is 12.3 Å². The van der Waals surface area contributed by atoms with Crippen molar-refractivity contribution in [1.82, 2.24) is 4.98 Å². The van der Waals surface area contributed by atoms with Crippen LogP contribution >= 0.6 is 0 Å². The van der Waals surface area contributed by atoms with Crippen LogP contribution < -0.4 is 0 Å². The molecule has 23 heavy (non-hydrogen) atoms. The van der Waals surface area contributed by atoms with Crippen molar-refractivity contribution in [3.8, 4) is 5.88 Å². The summed E-state index contributed by atoms with van der Waals surface area (Å²) in [4.78, 5) is 15.0. The lowest BCUT2D eigenvalue weighted by atomic mass is 10.1. The molecule has 1 saturated carbocycles. The second-order valence-electron chi connectivity index (χ2n) is 5.77. The summed E-state index contributed by atoms with van der Waals surface area (Å²) in [6.07, 6.45) is 0.807. The summed E-state index contributed by atoms with van der Waals surface area (Å²) in [5, 5.41) is 18.5. The molecule has 1 amide bonds. The fraction of sp³-hybridized carbons (Fsp3) is 0.167. The number of benzene rings is 2. The quantitative estimate of drug-likeness (QED) is 0.708. The van der Waals surface area contributed by atoms with Gasteiger partial charge >= 0.3 is 0 Å². The summed E-state index contributed by atoms with van der Waals surface area (Å²) in [6, 6.07) is 17.3. The number of fused-ring (bicyclic) bond motifs is 1. The van der Waals surface area contributed by atoms with Crippen LogP contribution in [0.25, 0.3) is 10.9 Å². The Morgan fingerprint density at radius 3 is 2.65 bits per heavy atom. The highest BCUT2D eigenvalue weighted by atomic mass is 16.3. The van der Waals surface area contributed by atoms with Crippen LogP contribution in [0.4, 0.5) is 5.69 Å². The molecule has 1 aliphatic rings. The lowest BCUT2D eigenvalue weighted by molar-refractivity contribution is -0.119. The van der Waals surface area contributed by atoms with Crippen LogP contribution in [0.3, 0.4) is 0 Å². The first-order valence-electron chi connectivity index (χ1n) is 7.54. The van der Waals surface area contributed by atoms with Gasteiger partial charge in [0.05, 0.1) is 5.52 Å². The third-order valence-electron chi connectivity index (χ3n) is 4.24. The monoisotopic (exact) mass is 305 g/mol. The third kappa shape index (κ3) is 2.50. The molecule has 0 radical (unpaired) electrons. The van der Waals surface area contributed by atoms with Gasteiger partial charge < -0.3 is 10.1 Å². The van der Waals surface area contributed by atoms with Crippen molar-refractivity contribution >= 4 is 22.5 Å². The fourth-order valence-corrected chi connectivity index (χ4v) is 2.92. The number of carbonyl (C=O) groups is 1. The molecule has 1 heterocycles. The van der Waals surface area contributed by atoms with Gasteiger partial charge in [-0.15, -0.1) is 10.2 Å². The van der Waals surface area contributed by atoms with E-state index in [0.717, 1.165) is 22.9 Å². The van der Waals surface area contributed by atoms with Crippen molar-refractivity contribution in [3.63, 3.8) is 0 Å². The van der Waals surface area contributed by atoms with E-state index in [0.29, 0.717) is 5.69 Å². The van der Waals surface area contributed by atoms with Gasteiger partial charge in [-0.3, -0.25) is 4.79 Å². The highest BCUT2D eigenvalue weighted by Gasteiger charge is 2.44. The van der Waals surface area contributed by atoms with Crippen LogP contribution in [0.5, 0.6) is 5.88 Å². The average molecular weight is 305 g/mol. The number of H-pyrrole nitrogens is 1. The van der Waals surface area contributed by atoms with E-state index in [2.05, 4.69) is 15.2 Å². The number of para-hydroxylation sites is 1. The molecule has 2 N–H and O–H groups in total. The number of aromatic hydroxyl groups is 1. The normalized spacial score (nSPS) is 20.2. The smallest absolute Gasteiger partial charge is 0.268 e. The maximum Gasteiger partial charge on any atom is 0.268 e. The molecule has 1 fully saturated rings. The Kier molecular flexibility index (Phi) is 3.19. The van der Waals surface area contributed by atoms with Crippen LogP contribution in [0.1, 0.15) is 17.9 Å². The Morgan fingerprint density at radius 1 is 1.09 bits per heavy atom. The Labute approximate surface area is 132 Å². The van der Waals surface area contributed by atoms with E-state index in [1.165, 1.54) is 0 Å². The first-order chi connectivity index (χ1) is 11.2. The van der Waals surface area contributed by atoms with Crippen molar-refractivity contribution in [2.24, 2.45) is 16.1 Å². The summed E-state index contributed by atoms with van der Waals surface area (Å²) in [5.74, 6) is -0.172. The first-order valence-corrected chi connectivity index (χ1v) is 7.54. The van der Waals surface area contributed by atoms with E-state index in [1.54, 1.807) is 0 Å². The van der Waals surface area contributed by atoms with Crippen LogP contribution in [0.2, 0.25) is 0 Å². The summed E-state index contributed by atoms with van der Waals surface area (Å²) in [6.45, 7) is 0. The number of carbonyl (C=O) groups excluding carboxylic acids is 1. The van der Waals surface area contributed by atoms with Gasteiger partial charge in [0.15, 0.2) is 5.69 Å². The lowest BCUT2D eigenvalue weighted by Gasteiger charge is -1.96. The Morgan fingerprint density at radius 2 is 1.83 bits per heavy atom. The van der Waals surface area contributed by atoms with Crippen molar-refractivity contribution in [1.29, 1.82) is 0 Å². The molecule has 0 bridgehead atoms. The second kappa shape index (κ2) is 5.35. The highest BCUT2D eigenvalue weighted by molar-refractivity contribution is 5.94. The number of rotatable bonds is 3. The number of nitrogens with zero attached hydrogens (tertiary/aromatic N) is 2. The maximum absolute atomic E-state index is 12.2. The van der Waals surface area contributed by atoms with E-state index >= 15 is 0 Å². The van der Waals surface area contributed by atoms with E-state index in [-0.39, 0.29) is 23.6 Å². The molecular weight excluding hydrogens is 290 g/mol. The lowest BCUT2D eigenvalue weighted by Crippen LogP contribution is -1.96. The third-order valence-corrected chi connectivity index (χ3v) is 4.24. The predicted octanol–water partition coefficient (Wildman–Crippen LogP) is 4.29. The molecule has 114 valence electrons. The average Bonchev–Trinajstić information content (AvgIpc) is 3.32. The van der Waals surface area contributed by atoms with Gasteiger partial charge in [-0.2, -0.15) is 0 Å². The molecule has 0 spiro atoms. The Balaban J connectivity index is 1.53. The van der Waals surface area contributed by atoms with E-state index < -0.39 is 0 Å². The zero-order chi connectivity index (χ0) is 15.8. The second-order valence-corrected chi connectivity index (χ2v) is 5.77. The summed E-state index contributed by atoms with van der Waals surface area (Å²) < 4.78 is 0. The molecule has 0 saturated heterocycles. The number of nitrogens with one attached hydrogen (secondary N) is 1. The van der Waals surface area contributed by atoms with Crippen LogP contribution in [-0.2, 0) is 4.79 Å². The fourth-order valence-electron chi connectivity index (χ4n) is 2.92. The topological polar surface area (TPSA) is 77.8 Å². The highest BCUT2D eigenvalue weighted by Crippen LogP contribution is 2.48. The number of hydrogen-bond donors (Lipinski definition) is 2. The molecular formula is C18H15N3O2. The van der Waals surface area contributed by atoms with Crippen LogP contribution in [0.15, 0.2) is 64.8 Å². The molecule has 1 aromatic heterocycles. The SMILES string of the molecule is O=C(N=Nc1c(O)[nH]c2ccccc12)[C@@H]1C[C@@H]1c1ccccc1. The Bertz CT molecular complexity index is 899. The molecule has 2 atom stereocenters. The minimum Gasteiger partial charge on any atom is -0.493 e. The summed E-state index contributed by atoms with van der Waals surface area (Å²) in [5.41, 5.74) is 2.24. The van der Waals surface area contributed by atoms with Gasteiger partial charge in [0.2, 0.25) is 5.88 Å². The van der Waals surface area contributed by atoms with Gasteiger partial charge in [0.25, 0.3) is 5.91 Å². The van der Waals surface area contributed by atoms with E-state index in [4.69, 9.17) is 0 Å². The number of azo groups is 1. The van der Waals surface area contributed by atoms with Crippen LogP contribution in [-0.4, -0.2) is 16.0 Å². The predicted molar refractivity (Wildman–Crippen MR) is 86.8 cm³/mol. The minimum absolute atomic E-state index is 0.0712. The van der Waals surface area contributed by atoms with Crippen molar-refractivity contribution in [2.75, 3.05) is 0 Å². The van der Waals surface area contributed by atoms with Gasteiger partial charge in [-0.1, -0.05) is 48.5 Å². The van der Waals surface area contributed by atoms with Crippen molar-refractivity contribution < 1.29 is 9.90 Å². The summed E-state index contributed by atoms with van der Waals surface area (Å²) in [7, 11) is 0.